The quantitative estimate of drug-likeness (QED) is 0.571. The van der Waals surface area contributed by atoms with E-state index in [-0.39, 0.29) is 5.91 Å². The maximum Gasteiger partial charge on any atom is 0.253 e. The largest absolute Gasteiger partial charge is 0.339 e. The zero-order valence-corrected chi connectivity index (χ0v) is 19.3. The van der Waals surface area contributed by atoms with E-state index in [0.29, 0.717) is 12.0 Å². The Bertz CT molecular complexity index is 843. The molecule has 0 spiro atoms. The van der Waals surface area contributed by atoms with Crippen molar-refractivity contribution in [3.05, 3.63) is 60.2 Å². The molecular weight excluding hydrogens is 382 g/mol. The number of carbonyl (C=O) groups is 1. The zero-order chi connectivity index (χ0) is 21.8. The Hall–Kier alpha value is -2.33. The van der Waals surface area contributed by atoms with Crippen molar-refractivity contribution in [1.29, 1.82) is 0 Å². The van der Waals surface area contributed by atoms with Crippen LogP contribution in [0.4, 0.5) is 11.4 Å². The molecule has 1 heterocycles. The van der Waals surface area contributed by atoms with Gasteiger partial charge in [-0.25, -0.2) is 0 Å². The molecule has 0 aromatic heterocycles. The van der Waals surface area contributed by atoms with Crippen LogP contribution in [0, 0.1) is 11.8 Å². The van der Waals surface area contributed by atoms with Gasteiger partial charge in [-0.05, 0) is 81.3 Å². The van der Waals surface area contributed by atoms with E-state index >= 15 is 0 Å². The predicted molar refractivity (Wildman–Crippen MR) is 129 cm³/mol. The minimum Gasteiger partial charge on any atom is -0.339 e. The number of amides is 1. The van der Waals surface area contributed by atoms with Gasteiger partial charge >= 0.3 is 0 Å². The third-order valence-corrected chi connectivity index (χ3v) is 6.97. The molecule has 31 heavy (non-hydrogen) atoms. The van der Waals surface area contributed by atoms with Crippen LogP contribution in [0.3, 0.4) is 0 Å². The average molecular weight is 420 g/mol. The summed E-state index contributed by atoms with van der Waals surface area (Å²) < 4.78 is 0. The molecule has 2 aromatic carbocycles. The molecule has 4 heteroatoms. The van der Waals surface area contributed by atoms with Gasteiger partial charge in [-0.3, -0.25) is 4.79 Å². The van der Waals surface area contributed by atoms with Gasteiger partial charge in [-0.1, -0.05) is 25.1 Å². The van der Waals surface area contributed by atoms with Gasteiger partial charge in [-0.2, -0.15) is 0 Å². The second-order valence-corrected chi connectivity index (χ2v) is 9.27. The number of rotatable bonds is 8. The first-order valence-electron chi connectivity index (χ1n) is 12.1. The van der Waals surface area contributed by atoms with Crippen LogP contribution in [0.5, 0.6) is 0 Å². The summed E-state index contributed by atoms with van der Waals surface area (Å²) in [4.78, 5) is 19.8. The lowest BCUT2D eigenvalue weighted by Crippen LogP contribution is -2.49. The second kappa shape index (κ2) is 9.86. The molecule has 4 rings (SSSR count). The second-order valence-electron chi connectivity index (χ2n) is 9.27. The number of hydrogen-bond donors (Lipinski definition) is 0. The van der Waals surface area contributed by atoms with Gasteiger partial charge in [0.1, 0.15) is 0 Å². The number of nitrogens with zero attached hydrogens (tertiary/aromatic N) is 3. The Labute approximate surface area is 187 Å². The first-order chi connectivity index (χ1) is 15.1. The minimum atomic E-state index is 0.115. The maximum absolute atomic E-state index is 12.7. The molecule has 4 nitrogen and oxygen atoms in total. The van der Waals surface area contributed by atoms with E-state index in [0.717, 1.165) is 24.6 Å². The van der Waals surface area contributed by atoms with Crippen LogP contribution in [0.25, 0.3) is 0 Å². The van der Waals surface area contributed by atoms with E-state index in [1.54, 1.807) is 0 Å². The van der Waals surface area contributed by atoms with Gasteiger partial charge in [0.05, 0.1) is 0 Å². The smallest absolute Gasteiger partial charge is 0.253 e. The monoisotopic (exact) mass is 419 g/mol. The van der Waals surface area contributed by atoms with Crippen molar-refractivity contribution in [1.82, 2.24) is 9.80 Å². The molecule has 1 saturated carbocycles. The summed E-state index contributed by atoms with van der Waals surface area (Å²) in [7, 11) is 0. The van der Waals surface area contributed by atoms with Gasteiger partial charge in [0.2, 0.25) is 0 Å². The van der Waals surface area contributed by atoms with E-state index in [4.69, 9.17) is 0 Å². The highest BCUT2D eigenvalue weighted by Crippen LogP contribution is 2.36. The summed E-state index contributed by atoms with van der Waals surface area (Å²) >= 11 is 0. The summed E-state index contributed by atoms with van der Waals surface area (Å²) in [5.41, 5.74) is 3.18. The van der Waals surface area contributed by atoms with Crippen LogP contribution in [0.15, 0.2) is 54.6 Å². The molecule has 166 valence electrons. The molecule has 2 atom stereocenters. The molecule has 1 aliphatic heterocycles. The van der Waals surface area contributed by atoms with Gasteiger partial charge in [-0.15, -0.1) is 0 Å². The first kappa shape index (κ1) is 21.9. The number of benzene rings is 2. The summed E-state index contributed by atoms with van der Waals surface area (Å²) in [5, 5.41) is 0. The van der Waals surface area contributed by atoms with Crippen molar-refractivity contribution in [2.24, 2.45) is 11.8 Å². The summed E-state index contributed by atoms with van der Waals surface area (Å²) in [5.74, 6) is 1.65. The Morgan fingerprint density at radius 1 is 0.935 bits per heavy atom. The van der Waals surface area contributed by atoms with E-state index in [2.05, 4.69) is 59.2 Å². The molecule has 0 radical (unpaired) electrons. The van der Waals surface area contributed by atoms with Crippen molar-refractivity contribution in [3.8, 4) is 0 Å². The van der Waals surface area contributed by atoms with Crippen LogP contribution in [-0.2, 0) is 0 Å². The third kappa shape index (κ3) is 5.12. The molecule has 2 aliphatic rings. The highest BCUT2D eigenvalue weighted by molar-refractivity contribution is 5.94. The topological polar surface area (TPSA) is 26.8 Å². The summed E-state index contributed by atoms with van der Waals surface area (Å²) in [6.07, 6.45) is 4.01. The fourth-order valence-electron chi connectivity index (χ4n) is 5.01. The van der Waals surface area contributed by atoms with Gasteiger partial charge in [0.15, 0.2) is 0 Å². The van der Waals surface area contributed by atoms with Crippen molar-refractivity contribution in [2.45, 2.75) is 46.1 Å². The number of hydrogen-bond acceptors (Lipinski definition) is 3. The molecule has 0 N–H and O–H groups in total. The van der Waals surface area contributed by atoms with Crippen LogP contribution in [0.1, 0.15) is 50.4 Å². The Morgan fingerprint density at radius 2 is 1.58 bits per heavy atom. The Morgan fingerprint density at radius 3 is 2.16 bits per heavy atom. The first-order valence-corrected chi connectivity index (χ1v) is 12.1. The van der Waals surface area contributed by atoms with Crippen LogP contribution < -0.4 is 4.90 Å². The van der Waals surface area contributed by atoms with Crippen LogP contribution in [-0.4, -0.2) is 54.5 Å². The minimum absolute atomic E-state index is 0.115. The maximum atomic E-state index is 12.7. The fraction of sp³-hybridized carbons (Fsp3) is 0.519. The SMILES string of the molecule is CCN(CC)C(=O)c1ccc(N(c2ccccc2)[C@@H]2CCN(CC3CC3)C[C@H]2C)cc1. The molecule has 1 saturated heterocycles. The Balaban J connectivity index is 1.56. The van der Waals surface area contributed by atoms with E-state index in [1.807, 2.05) is 30.9 Å². The van der Waals surface area contributed by atoms with Gasteiger partial charge < -0.3 is 14.7 Å². The molecule has 2 aromatic rings. The van der Waals surface area contributed by atoms with Gasteiger partial charge in [0.25, 0.3) is 5.91 Å². The van der Waals surface area contributed by atoms with Crippen molar-refractivity contribution in [3.63, 3.8) is 0 Å². The van der Waals surface area contributed by atoms with Gasteiger partial charge in [0, 0.05) is 55.7 Å². The molecule has 0 unspecified atom stereocenters. The van der Waals surface area contributed by atoms with Crippen molar-refractivity contribution < 1.29 is 4.79 Å². The molecule has 1 aliphatic carbocycles. The Kier molecular flexibility index (Phi) is 6.96. The number of anilines is 2. The van der Waals surface area contributed by atoms with E-state index in [1.165, 1.54) is 50.3 Å². The highest BCUT2D eigenvalue weighted by atomic mass is 16.2. The summed E-state index contributed by atoms with van der Waals surface area (Å²) in [6.45, 7) is 11.6. The van der Waals surface area contributed by atoms with E-state index in [9.17, 15) is 4.79 Å². The van der Waals surface area contributed by atoms with Crippen LogP contribution >= 0.6 is 0 Å². The third-order valence-electron chi connectivity index (χ3n) is 6.97. The lowest BCUT2D eigenvalue weighted by molar-refractivity contribution is 0.0773. The van der Waals surface area contributed by atoms with Crippen molar-refractivity contribution >= 4 is 17.3 Å². The predicted octanol–water partition coefficient (Wildman–Crippen LogP) is 5.43. The van der Waals surface area contributed by atoms with Crippen molar-refractivity contribution in [2.75, 3.05) is 37.6 Å². The average Bonchev–Trinajstić information content (AvgIpc) is 3.61. The van der Waals surface area contributed by atoms with Crippen LogP contribution in [0.2, 0.25) is 0 Å². The zero-order valence-electron chi connectivity index (χ0n) is 19.3. The fourth-order valence-corrected chi connectivity index (χ4v) is 5.01. The number of para-hydroxylation sites is 1. The van der Waals surface area contributed by atoms with E-state index < -0.39 is 0 Å². The molecule has 0 bridgehead atoms. The lowest BCUT2D eigenvalue weighted by atomic mass is 9.91. The molecular formula is C27H37N3O. The highest BCUT2D eigenvalue weighted by Gasteiger charge is 2.34. The number of piperidine rings is 1. The summed E-state index contributed by atoms with van der Waals surface area (Å²) in [6, 6.07) is 19.5. The number of carbonyl (C=O) groups excluding carboxylic acids is 1. The normalized spacial score (nSPS) is 21.6. The number of likely N-dealkylation sites (tertiary alicyclic amines) is 1. The standard InChI is InChI=1S/C27H37N3O/c1-4-29(5-2)27(31)23-13-15-25(16-14-23)30(24-9-7-6-8-10-24)26-17-18-28(19-21(26)3)20-22-11-12-22/h6-10,13-16,21-22,26H,4-5,11-12,17-20H2,1-3H3/t21-,26-/m1/s1. The molecule has 2 fully saturated rings. The molecule has 1 amide bonds. The lowest BCUT2D eigenvalue weighted by Gasteiger charge is -2.44.